The predicted octanol–water partition coefficient (Wildman–Crippen LogP) is 3.22. The largest absolute Gasteiger partial charge is 0.396 e. The second-order valence-electron chi connectivity index (χ2n) is 7.55. The maximum atomic E-state index is 13.2. The number of aliphatic hydroxyl groups excluding tert-OH is 1. The molecule has 1 fully saturated rings. The Morgan fingerprint density at radius 1 is 1.14 bits per heavy atom. The average molecular weight is 391 g/mol. The first-order chi connectivity index (χ1) is 14.0. The molecule has 3 N–H and O–H groups in total. The van der Waals surface area contributed by atoms with Crippen molar-refractivity contribution in [1.82, 2.24) is 4.98 Å². The lowest BCUT2D eigenvalue weighted by Gasteiger charge is -2.22. The van der Waals surface area contributed by atoms with E-state index < -0.39 is 0 Å². The Hall–Kier alpha value is -3.12. The van der Waals surface area contributed by atoms with Gasteiger partial charge in [0, 0.05) is 48.0 Å². The minimum Gasteiger partial charge on any atom is -0.396 e. The molecule has 150 valence electrons. The Bertz CT molecular complexity index is 1110. The van der Waals surface area contributed by atoms with E-state index in [9.17, 15) is 14.7 Å². The van der Waals surface area contributed by atoms with Crippen LogP contribution in [0.15, 0.2) is 47.3 Å². The molecule has 1 saturated heterocycles. The molecule has 0 unspecified atom stereocenters. The van der Waals surface area contributed by atoms with Gasteiger partial charge in [0.25, 0.3) is 5.91 Å². The Morgan fingerprint density at radius 3 is 2.69 bits per heavy atom. The van der Waals surface area contributed by atoms with Crippen molar-refractivity contribution in [3.05, 3.63) is 69.5 Å². The molecule has 4 rings (SSSR count). The van der Waals surface area contributed by atoms with Gasteiger partial charge in [0.05, 0.1) is 5.56 Å². The summed E-state index contributed by atoms with van der Waals surface area (Å²) in [6.45, 7) is 3.82. The van der Waals surface area contributed by atoms with E-state index in [2.05, 4.69) is 15.2 Å². The highest BCUT2D eigenvalue weighted by molar-refractivity contribution is 6.09. The van der Waals surface area contributed by atoms with E-state index in [-0.39, 0.29) is 18.1 Å². The van der Waals surface area contributed by atoms with E-state index in [0.717, 1.165) is 53.6 Å². The van der Waals surface area contributed by atoms with Gasteiger partial charge in [-0.15, -0.1) is 0 Å². The van der Waals surface area contributed by atoms with Gasteiger partial charge in [-0.05, 0) is 67.6 Å². The van der Waals surface area contributed by atoms with Crippen molar-refractivity contribution < 1.29 is 9.90 Å². The van der Waals surface area contributed by atoms with Gasteiger partial charge in [0.2, 0.25) is 5.56 Å². The number of aliphatic hydroxyl groups is 1. The van der Waals surface area contributed by atoms with Crippen LogP contribution in [0.4, 0.5) is 11.4 Å². The Balaban J connectivity index is 1.67. The quantitative estimate of drug-likeness (QED) is 0.623. The number of aromatic amines is 1. The van der Waals surface area contributed by atoms with Crippen LogP contribution in [0.25, 0.3) is 10.9 Å². The highest BCUT2D eigenvalue weighted by atomic mass is 16.3. The number of H-pyrrole nitrogens is 1. The van der Waals surface area contributed by atoms with Crippen molar-refractivity contribution in [2.75, 3.05) is 29.9 Å². The predicted molar refractivity (Wildman–Crippen MR) is 116 cm³/mol. The first kappa shape index (κ1) is 19.2. The van der Waals surface area contributed by atoms with E-state index in [1.165, 1.54) is 0 Å². The Labute approximate surface area is 169 Å². The highest BCUT2D eigenvalue weighted by Crippen LogP contribution is 2.27. The van der Waals surface area contributed by atoms with Gasteiger partial charge in [-0.3, -0.25) is 9.59 Å². The number of benzene rings is 2. The lowest BCUT2D eigenvalue weighted by atomic mass is 10.0. The second-order valence-corrected chi connectivity index (χ2v) is 7.55. The molecular formula is C23H25N3O3. The monoisotopic (exact) mass is 391 g/mol. The van der Waals surface area contributed by atoms with Crippen LogP contribution < -0.4 is 15.8 Å². The third-order valence-electron chi connectivity index (χ3n) is 5.46. The molecule has 2 aromatic carbocycles. The number of anilines is 2. The number of hydrogen-bond donors (Lipinski definition) is 3. The molecule has 0 saturated carbocycles. The molecule has 0 aliphatic carbocycles. The molecule has 2 heterocycles. The molecule has 6 heteroatoms. The summed E-state index contributed by atoms with van der Waals surface area (Å²) in [5.74, 6) is -0.173. The van der Waals surface area contributed by atoms with E-state index >= 15 is 0 Å². The molecule has 0 atom stereocenters. The molecule has 0 radical (unpaired) electrons. The number of fused-ring (bicyclic) bond motifs is 1. The van der Waals surface area contributed by atoms with E-state index in [1.54, 1.807) is 12.1 Å². The number of rotatable bonds is 5. The van der Waals surface area contributed by atoms with Crippen molar-refractivity contribution in [3.8, 4) is 0 Å². The molecule has 1 aliphatic rings. The Kier molecular flexibility index (Phi) is 5.36. The zero-order chi connectivity index (χ0) is 20.4. The summed E-state index contributed by atoms with van der Waals surface area (Å²) >= 11 is 0. The summed E-state index contributed by atoms with van der Waals surface area (Å²) in [5, 5.41) is 13.2. The number of carbonyl (C=O) groups excluding carboxylic acids is 1. The maximum Gasteiger partial charge on any atom is 0.257 e. The number of aryl methyl sites for hydroxylation is 1. The van der Waals surface area contributed by atoms with Crippen molar-refractivity contribution in [2.45, 2.75) is 26.2 Å². The number of nitrogens with one attached hydrogen (secondary N) is 2. The van der Waals surface area contributed by atoms with Gasteiger partial charge in [-0.1, -0.05) is 6.07 Å². The lowest BCUT2D eigenvalue weighted by molar-refractivity contribution is 0.102. The van der Waals surface area contributed by atoms with Crippen LogP contribution in [-0.4, -0.2) is 35.7 Å². The van der Waals surface area contributed by atoms with Crippen LogP contribution in [0.1, 0.15) is 34.3 Å². The SMILES string of the molecule is Cc1cc(=O)[nH]c2ccc(NC(=O)c3cc(CCO)ccc3N3CCCC3)cc12. The first-order valence-corrected chi connectivity index (χ1v) is 9.99. The van der Waals surface area contributed by atoms with Crippen molar-refractivity contribution in [3.63, 3.8) is 0 Å². The molecule has 0 bridgehead atoms. The average Bonchev–Trinajstić information content (AvgIpc) is 3.23. The smallest absolute Gasteiger partial charge is 0.257 e. The normalized spacial score (nSPS) is 13.8. The minimum atomic E-state index is -0.173. The lowest BCUT2D eigenvalue weighted by Crippen LogP contribution is -2.23. The topological polar surface area (TPSA) is 85.4 Å². The molecule has 29 heavy (non-hydrogen) atoms. The molecule has 1 aromatic heterocycles. The molecule has 1 aliphatic heterocycles. The molecule has 1 amide bonds. The van der Waals surface area contributed by atoms with E-state index in [4.69, 9.17) is 0 Å². The molecule has 6 nitrogen and oxygen atoms in total. The molecular weight excluding hydrogens is 366 g/mol. The van der Waals surface area contributed by atoms with Crippen molar-refractivity contribution >= 4 is 28.2 Å². The summed E-state index contributed by atoms with van der Waals surface area (Å²) < 4.78 is 0. The number of pyridine rings is 1. The van der Waals surface area contributed by atoms with Crippen molar-refractivity contribution in [1.29, 1.82) is 0 Å². The van der Waals surface area contributed by atoms with Crippen LogP contribution in [0.5, 0.6) is 0 Å². The maximum absolute atomic E-state index is 13.2. The van der Waals surface area contributed by atoms with E-state index in [1.807, 2.05) is 37.3 Å². The summed E-state index contributed by atoms with van der Waals surface area (Å²) in [4.78, 5) is 29.9. The fraction of sp³-hybridized carbons (Fsp3) is 0.304. The Morgan fingerprint density at radius 2 is 1.93 bits per heavy atom. The zero-order valence-corrected chi connectivity index (χ0v) is 16.5. The van der Waals surface area contributed by atoms with Gasteiger partial charge >= 0.3 is 0 Å². The van der Waals surface area contributed by atoms with Gasteiger partial charge in [0.15, 0.2) is 0 Å². The van der Waals surface area contributed by atoms with Crippen LogP contribution in [0.3, 0.4) is 0 Å². The van der Waals surface area contributed by atoms with Gasteiger partial charge in [-0.25, -0.2) is 0 Å². The number of hydrogen-bond acceptors (Lipinski definition) is 4. The first-order valence-electron chi connectivity index (χ1n) is 9.99. The fourth-order valence-corrected chi connectivity index (χ4v) is 3.98. The van der Waals surface area contributed by atoms with E-state index in [0.29, 0.717) is 17.7 Å². The zero-order valence-electron chi connectivity index (χ0n) is 16.5. The minimum absolute atomic E-state index is 0.0479. The summed E-state index contributed by atoms with van der Waals surface area (Å²) in [6.07, 6.45) is 2.77. The van der Waals surface area contributed by atoms with Crippen LogP contribution in [0, 0.1) is 6.92 Å². The van der Waals surface area contributed by atoms with Gasteiger partial charge in [-0.2, -0.15) is 0 Å². The number of carbonyl (C=O) groups is 1. The second kappa shape index (κ2) is 8.09. The summed E-state index contributed by atoms with van der Waals surface area (Å²) in [6, 6.07) is 12.9. The molecule has 3 aromatic rings. The molecule has 0 spiro atoms. The standard InChI is InChI=1S/C23H25N3O3/c1-15-12-22(28)25-20-6-5-17(14-18(15)20)24-23(29)19-13-16(8-11-27)4-7-21(19)26-9-2-3-10-26/h4-7,12-14,27H,2-3,8-11H2,1H3,(H,24,29)(H,25,28). The highest BCUT2D eigenvalue weighted by Gasteiger charge is 2.20. The van der Waals surface area contributed by atoms with Crippen molar-refractivity contribution in [2.24, 2.45) is 0 Å². The summed E-state index contributed by atoms with van der Waals surface area (Å²) in [7, 11) is 0. The number of nitrogens with zero attached hydrogens (tertiary/aromatic N) is 1. The van der Waals surface area contributed by atoms with Crippen LogP contribution >= 0.6 is 0 Å². The third-order valence-corrected chi connectivity index (χ3v) is 5.46. The van der Waals surface area contributed by atoms with Crippen LogP contribution in [0.2, 0.25) is 0 Å². The number of aromatic nitrogens is 1. The van der Waals surface area contributed by atoms with Gasteiger partial charge < -0.3 is 20.3 Å². The third kappa shape index (κ3) is 4.03. The van der Waals surface area contributed by atoms with Gasteiger partial charge in [0.1, 0.15) is 0 Å². The van der Waals surface area contributed by atoms with Crippen LogP contribution in [-0.2, 0) is 6.42 Å². The fourth-order valence-electron chi connectivity index (χ4n) is 3.98. The number of amides is 1. The summed E-state index contributed by atoms with van der Waals surface area (Å²) in [5.41, 5.74) is 4.64.